The SMILES string of the molecule is C.NC[C@H](O)C(=O)O.O=C(NC[C@H](O)C(=O)O)OCc1ccccc1.O=C(OCc1ccccc1)ON1C(=O)CCC1=O. The Labute approximate surface area is 246 Å². The zero-order chi connectivity index (χ0) is 31.5. The number of hydrogen-bond acceptors (Lipinski definition) is 12. The Morgan fingerprint density at radius 3 is 1.63 bits per heavy atom. The van der Waals surface area contributed by atoms with E-state index in [4.69, 9.17) is 35.6 Å². The number of carbonyl (C=O) groups excluding carboxylic acids is 4. The predicted molar refractivity (Wildman–Crippen MR) is 146 cm³/mol. The van der Waals surface area contributed by atoms with Gasteiger partial charge in [0, 0.05) is 19.4 Å². The highest BCUT2D eigenvalue weighted by molar-refractivity contribution is 6.01. The number of nitrogens with one attached hydrogen (secondary N) is 1. The Morgan fingerprint density at radius 1 is 0.791 bits per heavy atom. The van der Waals surface area contributed by atoms with Crippen LogP contribution >= 0.6 is 0 Å². The van der Waals surface area contributed by atoms with Crippen molar-refractivity contribution >= 4 is 36.0 Å². The minimum Gasteiger partial charge on any atom is -0.479 e. The van der Waals surface area contributed by atoms with E-state index in [1.54, 1.807) is 36.4 Å². The second-order valence-corrected chi connectivity index (χ2v) is 8.08. The van der Waals surface area contributed by atoms with Crippen LogP contribution in [0.4, 0.5) is 9.59 Å². The second-order valence-electron chi connectivity index (χ2n) is 8.08. The number of nitrogens with two attached hydrogens (primary N) is 1. The molecule has 1 heterocycles. The fourth-order valence-electron chi connectivity index (χ4n) is 2.62. The van der Waals surface area contributed by atoms with Crippen LogP contribution < -0.4 is 11.1 Å². The molecule has 1 fully saturated rings. The third kappa shape index (κ3) is 16.1. The van der Waals surface area contributed by atoms with Crippen LogP contribution in [0.1, 0.15) is 31.4 Å². The summed E-state index contributed by atoms with van der Waals surface area (Å²) in [5.74, 6) is -3.73. The van der Waals surface area contributed by atoms with Gasteiger partial charge in [0.05, 0.1) is 6.54 Å². The minimum atomic E-state index is -1.63. The number of hydroxylamine groups is 2. The van der Waals surface area contributed by atoms with Crippen molar-refractivity contribution in [1.82, 2.24) is 10.4 Å². The summed E-state index contributed by atoms with van der Waals surface area (Å²) in [5, 5.41) is 35.9. The first-order chi connectivity index (χ1) is 19.9. The molecule has 0 saturated carbocycles. The lowest BCUT2D eigenvalue weighted by Crippen LogP contribution is -2.36. The van der Waals surface area contributed by atoms with Gasteiger partial charge in [-0.1, -0.05) is 73.2 Å². The van der Waals surface area contributed by atoms with Gasteiger partial charge in [-0.3, -0.25) is 14.4 Å². The fourth-order valence-corrected chi connectivity index (χ4v) is 2.62. The third-order valence-corrected chi connectivity index (χ3v) is 4.82. The normalized spacial score (nSPS) is 13.0. The van der Waals surface area contributed by atoms with Crippen LogP contribution in [0.25, 0.3) is 0 Å². The van der Waals surface area contributed by atoms with Crippen LogP contribution in [0.15, 0.2) is 60.7 Å². The van der Waals surface area contributed by atoms with Crippen molar-refractivity contribution < 1.29 is 63.5 Å². The van der Waals surface area contributed by atoms with Crippen LogP contribution in [0.2, 0.25) is 0 Å². The van der Waals surface area contributed by atoms with Crippen molar-refractivity contribution in [3.8, 4) is 0 Å². The first kappa shape index (κ1) is 37.9. The van der Waals surface area contributed by atoms with Crippen LogP contribution in [0.3, 0.4) is 0 Å². The van der Waals surface area contributed by atoms with Gasteiger partial charge in [-0.2, -0.15) is 0 Å². The molecule has 1 aliphatic rings. The van der Waals surface area contributed by atoms with Gasteiger partial charge in [0.1, 0.15) is 13.2 Å². The number of aliphatic hydroxyl groups is 2. The van der Waals surface area contributed by atoms with E-state index < -0.39 is 48.2 Å². The van der Waals surface area contributed by atoms with Gasteiger partial charge in [-0.05, 0) is 11.1 Å². The number of carbonyl (C=O) groups is 6. The number of nitrogens with zero attached hydrogens (tertiary/aromatic N) is 1. The van der Waals surface area contributed by atoms with Crippen LogP contribution in [0.5, 0.6) is 0 Å². The largest absolute Gasteiger partial charge is 0.534 e. The van der Waals surface area contributed by atoms with Crippen molar-refractivity contribution in [3.05, 3.63) is 71.8 Å². The summed E-state index contributed by atoms with van der Waals surface area (Å²) in [5.41, 5.74) is 6.35. The molecular weight excluding hydrogens is 574 g/mol. The molecule has 16 nitrogen and oxygen atoms in total. The summed E-state index contributed by atoms with van der Waals surface area (Å²) in [6, 6.07) is 18.0. The van der Waals surface area contributed by atoms with Crippen molar-refractivity contribution in [2.45, 2.75) is 45.7 Å². The lowest BCUT2D eigenvalue weighted by molar-refractivity contribution is -0.177. The molecule has 1 saturated heterocycles. The van der Waals surface area contributed by atoms with E-state index in [2.05, 4.69) is 10.2 Å². The van der Waals surface area contributed by atoms with Gasteiger partial charge in [0.15, 0.2) is 12.2 Å². The number of ether oxygens (including phenoxy) is 2. The molecule has 2 atom stereocenters. The second kappa shape index (κ2) is 20.8. The highest BCUT2D eigenvalue weighted by Crippen LogP contribution is 2.13. The van der Waals surface area contributed by atoms with E-state index >= 15 is 0 Å². The highest BCUT2D eigenvalue weighted by atomic mass is 16.8. The lowest BCUT2D eigenvalue weighted by atomic mass is 10.2. The summed E-state index contributed by atoms with van der Waals surface area (Å²) in [6.45, 7) is -0.496. The molecule has 1 aliphatic heterocycles. The number of imide groups is 1. The van der Waals surface area contributed by atoms with E-state index in [0.29, 0.717) is 5.06 Å². The highest BCUT2D eigenvalue weighted by Gasteiger charge is 2.33. The molecule has 0 radical (unpaired) electrons. The molecule has 7 N–H and O–H groups in total. The zero-order valence-electron chi connectivity index (χ0n) is 22.2. The standard InChI is InChI=1S/C12H11NO5.C11H13NO5.C3H7NO3.CH4/c14-10-6-7-11(15)13(10)18-12(16)17-8-9-4-2-1-3-5-9;13-9(10(14)15)6-12-11(16)17-7-8-4-2-1-3-5-8;4-1-2(5)3(6)7;/h1-5H,6-8H2;1-5,9,13H,6-7H2,(H,12,16)(H,14,15);2,5H,1,4H2,(H,6,7);1H4/t;9-;2-;/m.00./s1. The maximum atomic E-state index is 11.3. The van der Waals surface area contributed by atoms with E-state index in [1.807, 2.05) is 24.3 Å². The quantitative estimate of drug-likeness (QED) is 0.161. The van der Waals surface area contributed by atoms with Crippen LogP contribution in [-0.2, 0) is 46.7 Å². The number of aliphatic hydroxyl groups excluding tert-OH is 2. The molecule has 0 aromatic heterocycles. The first-order valence-corrected chi connectivity index (χ1v) is 12.1. The number of benzene rings is 2. The molecule has 0 bridgehead atoms. The van der Waals surface area contributed by atoms with Crippen LogP contribution in [-0.4, -0.2) is 86.8 Å². The van der Waals surface area contributed by atoms with E-state index in [9.17, 15) is 28.8 Å². The van der Waals surface area contributed by atoms with Gasteiger partial charge < -0.3 is 41.0 Å². The van der Waals surface area contributed by atoms with E-state index in [-0.39, 0.29) is 46.6 Å². The molecule has 16 heteroatoms. The fraction of sp³-hybridized carbons (Fsp3) is 0.333. The monoisotopic (exact) mass is 609 g/mol. The molecular formula is C27H35N3O13. The summed E-state index contributed by atoms with van der Waals surface area (Å²) in [4.78, 5) is 69.1. The Kier molecular flexibility index (Phi) is 18.3. The molecule has 0 aliphatic carbocycles. The Morgan fingerprint density at radius 2 is 1.23 bits per heavy atom. The Balaban J connectivity index is 0.000000664. The van der Waals surface area contributed by atoms with Crippen molar-refractivity contribution in [1.29, 1.82) is 0 Å². The Bertz CT molecular complexity index is 1160. The molecule has 3 amide bonds. The molecule has 2 aromatic rings. The number of carboxylic acids is 2. The van der Waals surface area contributed by atoms with Gasteiger partial charge in [-0.15, -0.1) is 0 Å². The number of rotatable bonds is 10. The smallest absolute Gasteiger partial charge is 0.479 e. The lowest BCUT2D eigenvalue weighted by Gasteiger charge is -2.12. The number of alkyl carbamates (subject to hydrolysis) is 1. The minimum absolute atomic E-state index is 0. The molecule has 0 unspecified atom stereocenters. The van der Waals surface area contributed by atoms with Gasteiger partial charge in [0.25, 0.3) is 11.8 Å². The Hall–Kier alpha value is -5.06. The van der Waals surface area contributed by atoms with Gasteiger partial charge in [-0.25, -0.2) is 19.2 Å². The van der Waals surface area contributed by atoms with Crippen LogP contribution in [0, 0.1) is 0 Å². The van der Waals surface area contributed by atoms with Crippen molar-refractivity contribution in [2.24, 2.45) is 5.73 Å². The zero-order valence-corrected chi connectivity index (χ0v) is 22.2. The number of amides is 3. The molecule has 2 aromatic carbocycles. The third-order valence-electron chi connectivity index (χ3n) is 4.82. The van der Waals surface area contributed by atoms with Crippen molar-refractivity contribution in [2.75, 3.05) is 13.1 Å². The molecule has 0 spiro atoms. The maximum Gasteiger partial charge on any atom is 0.534 e. The topological polar surface area (TPSA) is 252 Å². The summed E-state index contributed by atoms with van der Waals surface area (Å²) >= 11 is 0. The summed E-state index contributed by atoms with van der Waals surface area (Å²) < 4.78 is 9.58. The van der Waals surface area contributed by atoms with Gasteiger partial charge in [0.2, 0.25) is 0 Å². The van der Waals surface area contributed by atoms with E-state index in [0.717, 1.165) is 11.1 Å². The van der Waals surface area contributed by atoms with Crippen molar-refractivity contribution in [3.63, 3.8) is 0 Å². The molecule has 43 heavy (non-hydrogen) atoms. The molecule has 3 rings (SSSR count). The first-order valence-electron chi connectivity index (χ1n) is 12.1. The predicted octanol–water partition coefficient (Wildman–Crippen LogP) is 0.789. The van der Waals surface area contributed by atoms with Gasteiger partial charge >= 0.3 is 24.2 Å². The average molecular weight is 610 g/mol. The number of aliphatic carboxylic acids is 2. The average Bonchev–Trinajstić information content (AvgIpc) is 3.30. The molecule has 236 valence electrons. The number of carboxylic acid groups (broad SMARTS) is 2. The summed E-state index contributed by atoms with van der Waals surface area (Å²) in [6.07, 6.45) is -4.74. The van der Waals surface area contributed by atoms with E-state index in [1.165, 1.54) is 0 Å². The summed E-state index contributed by atoms with van der Waals surface area (Å²) in [7, 11) is 0. The maximum absolute atomic E-state index is 11.3. The number of hydrogen-bond donors (Lipinski definition) is 6.